The number of carbonyl (C=O) groups excluding carboxylic acids is 1. The fraction of sp³-hybridized carbons (Fsp3) is 0.368. The number of rotatable bonds is 3. The van der Waals surface area contributed by atoms with E-state index in [1.807, 2.05) is 24.0 Å². The number of alkyl halides is 3. The van der Waals surface area contributed by atoms with Gasteiger partial charge < -0.3 is 9.80 Å². The summed E-state index contributed by atoms with van der Waals surface area (Å²) in [5.41, 5.74) is 1.82. The van der Waals surface area contributed by atoms with E-state index in [1.165, 1.54) is 6.07 Å². The maximum atomic E-state index is 13.1. The van der Waals surface area contributed by atoms with Crippen LogP contribution in [0.25, 0.3) is 5.65 Å². The first kappa shape index (κ1) is 20.4. The summed E-state index contributed by atoms with van der Waals surface area (Å²) in [4.78, 5) is 16.2. The van der Waals surface area contributed by atoms with Gasteiger partial charge in [0.2, 0.25) is 5.91 Å². The second-order valence-electron chi connectivity index (χ2n) is 7.11. The van der Waals surface area contributed by atoms with Gasteiger partial charge in [-0.3, -0.25) is 4.79 Å². The van der Waals surface area contributed by atoms with Crippen LogP contribution in [0, 0.1) is 6.92 Å². The Morgan fingerprint density at radius 1 is 1.10 bits per heavy atom. The zero-order chi connectivity index (χ0) is 21.5. The highest BCUT2D eigenvalue weighted by molar-refractivity contribution is 6.31. The summed E-state index contributed by atoms with van der Waals surface area (Å²) in [6.45, 7) is 3.72. The second-order valence-corrected chi connectivity index (χ2v) is 7.52. The van der Waals surface area contributed by atoms with Crippen LogP contribution in [0.15, 0.2) is 30.3 Å². The molecule has 1 saturated heterocycles. The lowest BCUT2D eigenvalue weighted by atomic mass is 10.1. The number of fused-ring (bicyclic) bond motifs is 1. The lowest BCUT2D eigenvalue weighted by Crippen LogP contribution is -2.49. The lowest BCUT2D eigenvalue weighted by molar-refractivity contribution is -0.146. The molecule has 30 heavy (non-hydrogen) atoms. The van der Waals surface area contributed by atoms with E-state index in [0.717, 1.165) is 11.1 Å². The third-order valence-electron chi connectivity index (χ3n) is 5.05. The Balaban J connectivity index is 1.42. The number of amides is 1. The van der Waals surface area contributed by atoms with Crippen LogP contribution >= 0.6 is 11.6 Å². The first-order valence-corrected chi connectivity index (χ1v) is 9.67. The van der Waals surface area contributed by atoms with Gasteiger partial charge in [-0.05, 0) is 36.2 Å². The summed E-state index contributed by atoms with van der Waals surface area (Å²) in [6, 6.07) is 8.61. The first-order valence-electron chi connectivity index (χ1n) is 9.30. The molecule has 0 aliphatic carbocycles. The molecule has 11 heteroatoms. The van der Waals surface area contributed by atoms with Crippen molar-refractivity contribution in [2.24, 2.45) is 0 Å². The molecule has 1 aliphatic heterocycles. The van der Waals surface area contributed by atoms with E-state index in [9.17, 15) is 18.0 Å². The average molecular weight is 439 g/mol. The number of anilines is 1. The molecular weight excluding hydrogens is 421 g/mol. The lowest BCUT2D eigenvalue weighted by Gasteiger charge is -2.35. The van der Waals surface area contributed by atoms with Crippen molar-refractivity contribution in [2.45, 2.75) is 19.5 Å². The molecule has 0 spiro atoms. The Morgan fingerprint density at radius 3 is 2.50 bits per heavy atom. The summed E-state index contributed by atoms with van der Waals surface area (Å²) < 4.78 is 39.9. The van der Waals surface area contributed by atoms with Crippen LogP contribution in [-0.2, 0) is 17.4 Å². The average Bonchev–Trinajstić information content (AvgIpc) is 3.14. The highest BCUT2D eigenvalue weighted by Gasteiger charge is 2.38. The van der Waals surface area contributed by atoms with Crippen molar-refractivity contribution in [3.05, 3.63) is 52.3 Å². The van der Waals surface area contributed by atoms with E-state index in [0.29, 0.717) is 41.5 Å². The van der Waals surface area contributed by atoms with E-state index < -0.39 is 12.0 Å². The van der Waals surface area contributed by atoms with Crippen molar-refractivity contribution in [3.8, 4) is 0 Å². The van der Waals surface area contributed by atoms with Crippen molar-refractivity contribution < 1.29 is 18.0 Å². The molecule has 1 aliphatic rings. The number of halogens is 4. The Labute approximate surface area is 175 Å². The normalized spacial score (nSPS) is 15.1. The minimum Gasteiger partial charge on any atom is -0.352 e. The van der Waals surface area contributed by atoms with Gasteiger partial charge in [-0.1, -0.05) is 23.7 Å². The zero-order valence-electron chi connectivity index (χ0n) is 16.0. The molecule has 0 atom stereocenters. The van der Waals surface area contributed by atoms with Crippen LogP contribution in [0.5, 0.6) is 0 Å². The number of carbonyl (C=O) groups is 1. The molecular formula is C19H18ClF3N6O. The van der Waals surface area contributed by atoms with Gasteiger partial charge in [-0.15, -0.1) is 15.3 Å². The molecule has 3 aromatic rings. The van der Waals surface area contributed by atoms with Crippen LogP contribution in [0.3, 0.4) is 0 Å². The van der Waals surface area contributed by atoms with Gasteiger partial charge in [0, 0.05) is 31.2 Å². The molecule has 158 valence electrons. The highest BCUT2D eigenvalue weighted by Crippen LogP contribution is 2.28. The largest absolute Gasteiger partial charge is 0.453 e. The highest BCUT2D eigenvalue weighted by atomic mass is 35.5. The number of aromatic nitrogens is 4. The fourth-order valence-corrected chi connectivity index (χ4v) is 3.55. The van der Waals surface area contributed by atoms with E-state index in [4.69, 9.17) is 11.6 Å². The van der Waals surface area contributed by atoms with Crippen molar-refractivity contribution in [1.82, 2.24) is 24.7 Å². The molecule has 7 nitrogen and oxygen atoms in total. The summed E-state index contributed by atoms with van der Waals surface area (Å²) in [6.07, 6.45) is -4.39. The second kappa shape index (κ2) is 7.75. The Kier molecular flexibility index (Phi) is 5.27. The molecule has 0 unspecified atom stereocenters. The number of nitrogens with zero attached hydrogens (tertiary/aromatic N) is 6. The summed E-state index contributed by atoms with van der Waals surface area (Å²) in [7, 11) is 0. The molecule has 4 rings (SSSR count). The summed E-state index contributed by atoms with van der Waals surface area (Å²) >= 11 is 6.12. The quantitative estimate of drug-likeness (QED) is 0.629. The maximum absolute atomic E-state index is 13.1. The topological polar surface area (TPSA) is 66.6 Å². The van der Waals surface area contributed by atoms with Crippen molar-refractivity contribution in [1.29, 1.82) is 0 Å². The Morgan fingerprint density at radius 2 is 1.83 bits per heavy atom. The van der Waals surface area contributed by atoms with Gasteiger partial charge >= 0.3 is 6.18 Å². The third-order valence-corrected chi connectivity index (χ3v) is 5.46. The molecule has 2 aromatic heterocycles. The molecule has 0 bridgehead atoms. The van der Waals surface area contributed by atoms with Gasteiger partial charge in [-0.2, -0.15) is 17.7 Å². The van der Waals surface area contributed by atoms with Gasteiger partial charge in [0.25, 0.3) is 5.82 Å². The Bertz CT molecular complexity index is 1090. The fourth-order valence-electron chi connectivity index (χ4n) is 3.34. The number of benzene rings is 1. The first-order chi connectivity index (χ1) is 14.2. The minimum atomic E-state index is -4.64. The summed E-state index contributed by atoms with van der Waals surface area (Å²) in [5.74, 6) is -0.800. The molecule has 0 N–H and O–H groups in total. The maximum Gasteiger partial charge on any atom is 0.453 e. The van der Waals surface area contributed by atoms with E-state index in [2.05, 4.69) is 15.3 Å². The van der Waals surface area contributed by atoms with E-state index in [-0.39, 0.29) is 18.0 Å². The van der Waals surface area contributed by atoms with Crippen molar-refractivity contribution in [3.63, 3.8) is 0 Å². The van der Waals surface area contributed by atoms with E-state index in [1.54, 1.807) is 17.0 Å². The van der Waals surface area contributed by atoms with Crippen molar-refractivity contribution >= 4 is 29.0 Å². The predicted molar refractivity (Wildman–Crippen MR) is 104 cm³/mol. The molecule has 3 heterocycles. The van der Waals surface area contributed by atoms with Gasteiger partial charge in [0.1, 0.15) is 5.82 Å². The van der Waals surface area contributed by atoms with Gasteiger partial charge in [0.15, 0.2) is 5.65 Å². The van der Waals surface area contributed by atoms with Crippen LogP contribution in [0.2, 0.25) is 5.02 Å². The Hall–Kier alpha value is -2.88. The SMILES string of the molecule is Cc1ccc(CC(=O)N2CCN(c3ccc4nnc(C(F)(F)F)n4n3)CC2)cc1Cl. The number of hydrogen-bond acceptors (Lipinski definition) is 5. The smallest absolute Gasteiger partial charge is 0.352 e. The molecule has 0 saturated carbocycles. The van der Waals surface area contributed by atoms with Crippen LogP contribution < -0.4 is 4.90 Å². The van der Waals surface area contributed by atoms with Crippen LogP contribution in [-0.4, -0.2) is 56.8 Å². The molecule has 1 fully saturated rings. The zero-order valence-corrected chi connectivity index (χ0v) is 16.8. The minimum absolute atomic E-state index is 0.0175. The molecule has 0 radical (unpaired) electrons. The monoisotopic (exact) mass is 438 g/mol. The van der Waals surface area contributed by atoms with Gasteiger partial charge in [0.05, 0.1) is 6.42 Å². The molecule has 1 aromatic carbocycles. The summed E-state index contributed by atoms with van der Waals surface area (Å²) in [5, 5.41) is 11.4. The van der Waals surface area contributed by atoms with Crippen molar-refractivity contribution in [2.75, 3.05) is 31.1 Å². The number of piperazine rings is 1. The number of aryl methyl sites for hydroxylation is 1. The third kappa shape index (κ3) is 4.04. The van der Waals surface area contributed by atoms with Crippen LogP contribution in [0.1, 0.15) is 17.0 Å². The predicted octanol–water partition coefficient (Wildman–Crippen LogP) is 3.00. The number of hydrogen-bond donors (Lipinski definition) is 0. The van der Waals surface area contributed by atoms with E-state index >= 15 is 0 Å². The van der Waals surface area contributed by atoms with Gasteiger partial charge in [-0.25, -0.2) is 0 Å². The van der Waals surface area contributed by atoms with Crippen LogP contribution in [0.4, 0.5) is 19.0 Å². The standard InChI is InChI=1S/C19H18ClF3N6O/c1-12-2-3-13(10-14(12)20)11-17(30)28-8-6-27(7-9-28)16-5-4-15-24-25-18(19(21,22)23)29(15)26-16/h2-5,10H,6-9,11H2,1H3. The molecule has 1 amide bonds.